The third-order valence-corrected chi connectivity index (χ3v) is 4.74. The van der Waals surface area contributed by atoms with Gasteiger partial charge >= 0.3 is 0 Å². The molecule has 4 rings (SSSR count). The number of halogens is 1. The smallest absolute Gasteiger partial charge is 0.141 e. The van der Waals surface area contributed by atoms with Crippen LogP contribution in [0.1, 0.15) is 16.7 Å². The van der Waals surface area contributed by atoms with Crippen LogP contribution in [-0.4, -0.2) is 12.2 Å². The Morgan fingerprint density at radius 1 is 0.870 bits per heavy atom. The van der Waals surface area contributed by atoms with Gasteiger partial charge in [0.05, 0.1) is 7.11 Å². The zero-order chi connectivity index (χ0) is 16.0. The van der Waals surface area contributed by atoms with E-state index in [1.54, 1.807) is 19.2 Å². The van der Waals surface area contributed by atoms with Crippen molar-refractivity contribution in [2.75, 3.05) is 7.11 Å². The Morgan fingerprint density at radius 2 is 1.57 bits per heavy atom. The molecule has 0 heterocycles. The van der Waals surface area contributed by atoms with Gasteiger partial charge in [-0.25, -0.2) is 0 Å². The summed E-state index contributed by atoms with van der Waals surface area (Å²) in [5.41, 5.74) is 3.37. The molecule has 1 N–H and O–H groups in total. The van der Waals surface area contributed by atoms with Crippen LogP contribution in [0.25, 0.3) is 11.1 Å². The van der Waals surface area contributed by atoms with Gasteiger partial charge < -0.3 is 9.84 Å². The third kappa shape index (κ3) is 1.99. The van der Waals surface area contributed by atoms with Crippen molar-refractivity contribution in [2.45, 2.75) is 5.60 Å². The number of methoxy groups -OCH3 is 1. The lowest BCUT2D eigenvalue weighted by Gasteiger charge is -2.26. The Labute approximate surface area is 139 Å². The minimum absolute atomic E-state index is 0.648. The van der Waals surface area contributed by atoms with E-state index >= 15 is 0 Å². The molecule has 0 aromatic heterocycles. The maximum Gasteiger partial charge on any atom is 0.141 e. The number of hydrogen-bond donors (Lipinski definition) is 1. The standard InChI is InChI=1S/C20H15ClO2/c1-23-15-10-11-17-16-4-2-3-5-18(16)20(22,19(17)12-15)13-6-8-14(21)9-7-13/h2-12,22H,1H3. The van der Waals surface area contributed by atoms with Crippen molar-refractivity contribution in [1.82, 2.24) is 0 Å². The summed E-state index contributed by atoms with van der Waals surface area (Å²) in [5, 5.41) is 12.3. The molecule has 0 fully saturated rings. The first kappa shape index (κ1) is 14.3. The van der Waals surface area contributed by atoms with Crippen LogP contribution in [0.5, 0.6) is 5.75 Å². The summed E-state index contributed by atoms with van der Waals surface area (Å²) in [7, 11) is 1.63. The summed E-state index contributed by atoms with van der Waals surface area (Å²) < 4.78 is 5.35. The monoisotopic (exact) mass is 322 g/mol. The SMILES string of the molecule is COc1ccc2c(c1)C(O)(c1ccc(Cl)cc1)c1ccccc1-2. The molecule has 23 heavy (non-hydrogen) atoms. The molecule has 0 amide bonds. The average Bonchev–Trinajstić information content (AvgIpc) is 2.86. The van der Waals surface area contributed by atoms with E-state index in [0.717, 1.165) is 33.6 Å². The fourth-order valence-corrected chi connectivity index (χ4v) is 3.49. The van der Waals surface area contributed by atoms with Gasteiger partial charge in [-0.2, -0.15) is 0 Å². The van der Waals surface area contributed by atoms with Crippen LogP contribution in [0.15, 0.2) is 66.7 Å². The van der Waals surface area contributed by atoms with E-state index in [1.165, 1.54) is 0 Å². The highest BCUT2D eigenvalue weighted by Gasteiger charge is 2.43. The van der Waals surface area contributed by atoms with Crippen molar-refractivity contribution < 1.29 is 9.84 Å². The van der Waals surface area contributed by atoms with Crippen LogP contribution in [0.2, 0.25) is 5.02 Å². The molecule has 3 aromatic carbocycles. The van der Waals surface area contributed by atoms with Gasteiger partial charge in [-0.15, -0.1) is 0 Å². The van der Waals surface area contributed by atoms with Crippen LogP contribution in [0.3, 0.4) is 0 Å². The van der Waals surface area contributed by atoms with Crippen molar-refractivity contribution in [2.24, 2.45) is 0 Å². The molecule has 0 saturated carbocycles. The maximum absolute atomic E-state index is 11.7. The summed E-state index contributed by atoms with van der Waals surface area (Å²) >= 11 is 6.01. The molecule has 1 unspecified atom stereocenters. The highest BCUT2D eigenvalue weighted by Crippen LogP contribution is 2.51. The normalized spacial score (nSPS) is 18.4. The largest absolute Gasteiger partial charge is 0.497 e. The van der Waals surface area contributed by atoms with Crippen LogP contribution >= 0.6 is 11.6 Å². The van der Waals surface area contributed by atoms with Gasteiger partial charge in [0.1, 0.15) is 11.4 Å². The lowest BCUT2D eigenvalue weighted by Crippen LogP contribution is -2.26. The predicted octanol–water partition coefficient (Wildman–Crippen LogP) is 4.61. The Bertz CT molecular complexity index is 886. The third-order valence-electron chi connectivity index (χ3n) is 4.49. The van der Waals surface area contributed by atoms with E-state index in [-0.39, 0.29) is 0 Å². The maximum atomic E-state index is 11.7. The van der Waals surface area contributed by atoms with Crippen molar-refractivity contribution in [3.05, 3.63) is 88.4 Å². The summed E-state index contributed by atoms with van der Waals surface area (Å²) in [6, 6.07) is 21.1. The van der Waals surface area contributed by atoms with Crippen LogP contribution < -0.4 is 4.74 Å². The second-order valence-electron chi connectivity index (χ2n) is 5.67. The summed E-state index contributed by atoms with van der Waals surface area (Å²) in [6.45, 7) is 0. The van der Waals surface area contributed by atoms with Crippen molar-refractivity contribution in [3.8, 4) is 16.9 Å². The van der Waals surface area contributed by atoms with Gasteiger partial charge in [-0.05, 0) is 41.0 Å². The lowest BCUT2D eigenvalue weighted by atomic mass is 9.84. The van der Waals surface area contributed by atoms with Crippen LogP contribution in [0, 0.1) is 0 Å². The zero-order valence-electron chi connectivity index (χ0n) is 12.6. The molecular formula is C20H15ClO2. The van der Waals surface area contributed by atoms with E-state index in [1.807, 2.05) is 54.6 Å². The molecule has 1 atom stereocenters. The predicted molar refractivity (Wildman–Crippen MR) is 92.0 cm³/mol. The minimum atomic E-state index is -1.20. The Hall–Kier alpha value is -2.29. The molecular weight excluding hydrogens is 308 g/mol. The van der Waals surface area contributed by atoms with Gasteiger partial charge in [-0.1, -0.05) is 54.1 Å². The molecule has 0 spiro atoms. The number of ether oxygens (including phenoxy) is 1. The first-order valence-electron chi connectivity index (χ1n) is 7.41. The highest BCUT2D eigenvalue weighted by molar-refractivity contribution is 6.30. The molecule has 2 nitrogen and oxygen atoms in total. The average molecular weight is 323 g/mol. The Kier molecular flexibility index (Phi) is 3.19. The number of benzene rings is 3. The van der Waals surface area contributed by atoms with Crippen LogP contribution in [0.4, 0.5) is 0 Å². The van der Waals surface area contributed by atoms with Crippen molar-refractivity contribution in [1.29, 1.82) is 0 Å². The topological polar surface area (TPSA) is 29.5 Å². The molecule has 114 valence electrons. The van der Waals surface area contributed by atoms with Gasteiger partial charge in [0.25, 0.3) is 0 Å². The molecule has 3 aromatic rings. The molecule has 3 heteroatoms. The summed E-state index contributed by atoms with van der Waals surface area (Å²) in [6.07, 6.45) is 0. The van der Waals surface area contributed by atoms with E-state index in [2.05, 4.69) is 0 Å². The number of aliphatic hydroxyl groups is 1. The molecule has 0 aliphatic heterocycles. The van der Waals surface area contributed by atoms with Crippen LogP contribution in [-0.2, 0) is 5.60 Å². The molecule has 1 aliphatic rings. The number of fused-ring (bicyclic) bond motifs is 3. The van der Waals surface area contributed by atoms with Gasteiger partial charge in [-0.3, -0.25) is 0 Å². The molecule has 0 saturated heterocycles. The quantitative estimate of drug-likeness (QED) is 0.746. The first-order chi connectivity index (χ1) is 11.1. The second-order valence-corrected chi connectivity index (χ2v) is 6.11. The van der Waals surface area contributed by atoms with Crippen molar-refractivity contribution >= 4 is 11.6 Å². The van der Waals surface area contributed by atoms with Gasteiger partial charge in [0.2, 0.25) is 0 Å². The Balaban J connectivity index is 2.04. The van der Waals surface area contributed by atoms with Crippen molar-refractivity contribution in [3.63, 3.8) is 0 Å². The van der Waals surface area contributed by atoms with E-state index in [0.29, 0.717) is 5.02 Å². The number of rotatable bonds is 2. The highest BCUT2D eigenvalue weighted by atomic mass is 35.5. The Morgan fingerprint density at radius 3 is 2.30 bits per heavy atom. The lowest BCUT2D eigenvalue weighted by molar-refractivity contribution is 0.130. The molecule has 1 aliphatic carbocycles. The first-order valence-corrected chi connectivity index (χ1v) is 7.79. The fourth-order valence-electron chi connectivity index (χ4n) is 3.37. The van der Waals surface area contributed by atoms with Gasteiger partial charge in [0, 0.05) is 16.1 Å². The van der Waals surface area contributed by atoms with E-state index in [9.17, 15) is 5.11 Å². The molecule has 0 radical (unpaired) electrons. The summed E-state index contributed by atoms with van der Waals surface area (Å²) in [5.74, 6) is 0.726. The number of hydrogen-bond acceptors (Lipinski definition) is 2. The zero-order valence-corrected chi connectivity index (χ0v) is 13.3. The van der Waals surface area contributed by atoms with E-state index < -0.39 is 5.60 Å². The molecule has 0 bridgehead atoms. The van der Waals surface area contributed by atoms with Gasteiger partial charge in [0.15, 0.2) is 0 Å². The second kappa shape index (κ2) is 5.12. The summed E-state index contributed by atoms with van der Waals surface area (Å²) in [4.78, 5) is 0. The minimum Gasteiger partial charge on any atom is -0.497 e. The van der Waals surface area contributed by atoms with E-state index in [4.69, 9.17) is 16.3 Å². The fraction of sp³-hybridized carbons (Fsp3) is 0.100.